The quantitative estimate of drug-likeness (QED) is 0.240. The van der Waals surface area contributed by atoms with E-state index >= 15 is 0 Å². The molecule has 2 fully saturated rings. The molecular weight excluding hydrogens is 320 g/mol. The van der Waals surface area contributed by atoms with Crippen LogP contribution in [0.1, 0.15) is 19.2 Å². The fourth-order valence-electron chi connectivity index (χ4n) is 1.39. The summed E-state index contributed by atoms with van der Waals surface area (Å²) in [6, 6.07) is 0. The van der Waals surface area contributed by atoms with E-state index < -0.39 is 74.3 Å². The van der Waals surface area contributed by atoms with Gasteiger partial charge in [0.2, 0.25) is 0 Å². The zero-order chi connectivity index (χ0) is 30.1. The summed E-state index contributed by atoms with van der Waals surface area (Å²) < 4.78 is 119. The molecule has 136 valence electrons. The summed E-state index contributed by atoms with van der Waals surface area (Å²) in [7, 11) is 0. The Labute approximate surface area is 150 Å². The molecule has 11 nitrogen and oxygen atoms in total. The van der Waals surface area contributed by atoms with E-state index in [1.807, 2.05) is 0 Å². The zero-order valence-electron chi connectivity index (χ0n) is 24.8. The van der Waals surface area contributed by atoms with Gasteiger partial charge in [0.05, 0.1) is 32.3 Å². The third-order valence-corrected chi connectivity index (χ3v) is 2.49. The van der Waals surface area contributed by atoms with E-state index in [4.69, 9.17) is 19.2 Å². The molecule has 10 atom stereocenters. The van der Waals surface area contributed by atoms with Gasteiger partial charge in [-0.2, -0.15) is 0 Å². The molecule has 2 heterocycles. The first kappa shape index (κ1) is 7.43. The molecule has 0 aromatic heterocycles. The third kappa shape index (κ3) is 3.65. The molecule has 2 saturated heterocycles. The second-order valence-corrected chi connectivity index (χ2v) is 3.85. The molecule has 0 amide bonds. The van der Waals surface area contributed by atoms with Gasteiger partial charge in [0.15, 0.2) is 12.5 Å². The minimum absolute atomic E-state index is 4.19. The Morgan fingerprint density at radius 3 is 1.35 bits per heavy atom. The summed E-state index contributed by atoms with van der Waals surface area (Å²) in [6.07, 6.45) is -47.3. The lowest BCUT2D eigenvalue weighted by Gasteiger charge is -2.44. The summed E-state index contributed by atoms with van der Waals surface area (Å²) in [5.74, 6) is 0. The lowest BCUT2D eigenvalue weighted by Crippen LogP contribution is -2.63. The molecule has 2 aliphatic heterocycles. The van der Waals surface area contributed by atoms with Gasteiger partial charge < -0.3 is 55.1 Å². The van der Waals surface area contributed by atoms with Crippen molar-refractivity contribution in [1.82, 2.24) is 0 Å². The van der Waals surface area contributed by atoms with E-state index in [9.17, 15) is 40.9 Å². The molecule has 11 heteroatoms. The van der Waals surface area contributed by atoms with Gasteiger partial charge in [0, 0.05) is 0 Å². The van der Waals surface area contributed by atoms with Crippen LogP contribution >= 0.6 is 0 Å². The van der Waals surface area contributed by atoms with Crippen molar-refractivity contribution >= 4 is 0 Å². The van der Waals surface area contributed by atoms with Gasteiger partial charge in [-0.25, -0.2) is 0 Å². The summed E-state index contributed by atoms with van der Waals surface area (Å²) >= 11 is 0. The fraction of sp³-hybridized carbons (Fsp3) is 1.00. The first-order valence-electron chi connectivity index (χ1n) is 12.5. The Morgan fingerprint density at radius 2 is 1.04 bits per heavy atom. The van der Waals surface area contributed by atoms with Crippen LogP contribution in [0.3, 0.4) is 0 Å². The van der Waals surface area contributed by atoms with E-state index in [1.54, 1.807) is 0 Å². The molecule has 0 aromatic rings. The Bertz CT molecular complexity index is 876. The topological polar surface area (TPSA) is 190 Å². The highest BCUT2D eigenvalue weighted by Crippen LogP contribution is 2.27. The maximum absolute atomic E-state index is 10.4. The third-order valence-electron chi connectivity index (χ3n) is 2.49. The van der Waals surface area contributed by atoms with E-state index in [0.29, 0.717) is 0 Å². The van der Waals surface area contributed by atoms with Crippen LogP contribution in [-0.2, 0) is 14.2 Å². The molecule has 0 aromatic carbocycles. The van der Waals surface area contributed by atoms with Gasteiger partial charge >= 0.3 is 0 Å². The molecule has 23 heavy (non-hydrogen) atoms. The molecule has 0 unspecified atom stereocenters. The summed E-state index contributed by atoms with van der Waals surface area (Å²) in [5, 5.41) is 80.8. The van der Waals surface area contributed by atoms with Crippen molar-refractivity contribution < 1.29 is 74.3 Å². The van der Waals surface area contributed by atoms with Crippen LogP contribution in [0.25, 0.3) is 0 Å². The molecule has 0 spiro atoms. The van der Waals surface area contributed by atoms with Crippen molar-refractivity contribution in [1.29, 1.82) is 0 Å². The minimum Gasteiger partial charge on any atom is -0.394 e. The van der Waals surface area contributed by atoms with Gasteiger partial charge in [-0.3, -0.25) is 0 Å². The molecule has 2 aliphatic rings. The van der Waals surface area contributed by atoms with Gasteiger partial charge in [-0.15, -0.1) is 0 Å². The van der Waals surface area contributed by atoms with Crippen molar-refractivity contribution in [2.45, 2.75) is 61.2 Å². The van der Waals surface area contributed by atoms with Crippen LogP contribution in [0.15, 0.2) is 0 Å². The van der Waals surface area contributed by atoms with Crippen molar-refractivity contribution in [3.05, 3.63) is 0 Å². The number of aliphatic hydroxyl groups is 8. The second kappa shape index (κ2) is 7.63. The standard InChI is InChI=1S/C12H22O11/c13-1-3-5(15)7(17)9(19)11(21-3)23-12-10(20)8(18)6(16)4(2-14)22-12/h3-20H,1-2H2/t3-,4-,5-,6-,7+,8+,9-,10-,11-,12+/m1/s1/i1D2,2D2,3D,4D,5D,6D,7D,8D,9D,10D,11D,12D. The predicted molar refractivity (Wildman–Crippen MR) is 68.6 cm³/mol. The highest BCUT2D eigenvalue weighted by Gasteiger charge is 2.49. The van der Waals surface area contributed by atoms with Crippen molar-refractivity contribution in [3.8, 4) is 0 Å². The van der Waals surface area contributed by atoms with Crippen LogP contribution in [-0.4, -0.2) is 115 Å². The normalized spacial score (nSPS) is 93.7. The number of ether oxygens (including phenoxy) is 3. The largest absolute Gasteiger partial charge is 0.394 e. The monoisotopic (exact) mass is 356 g/mol. The van der Waals surface area contributed by atoms with Crippen molar-refractivity contribution in [3.63, 3.8) is 0 Å². The maximum atomic E-state index is 10.4. The Balaban J connectivity index is 2.89. The van der Waals surface area contributed by atoms with Gasteiger partial charge in [-0.05, 0) is 0 Å². The average Bonchev–Trinajstić information content (AvgIpc) is 2.62. The van der Waals surface area contributed by atoms with E-state index in [2.05, 4.69) is 14.2 Å². The number of hydrogen-bond acceptors (Lipinski definition) is 11. The summed E-state index contributed by atoms with van der Waals surface area (Å²) in [6.45, 7) is -8.88. The van der Waals surface area contributed by atoms with E-state index in [1.165, 1.54) is 0 Å². The van der Waals surface area contributed by atoms with Gasteiger partial charge in [0.1, 0.15) is 48.6 Å². The lowest BCUT2D eigenvalue weighted by molar-refractivity contribution is -0.376. The van der Waals surface area contributed by atoms with Crippen molar-refractivity contribution in [2.75, 3.05) is 13.1 Å². The van der Waals surface area contributed by atoms with Crippen LogP contribution in [0.5, 0.6) is 0 Å². The van der Waals surface area contributed by atoms with Gasteiger partial charge in [-0.1, -0.05) is 0 Å². The SMILES string of the molecule is [2H]C([2H])(O)[C@@]1([2H])O[C@]([2H])(O[C@]2([2H])O[C@]([2H])(C([2H])([2H])O)[C@@]([2H])(O)[C@]([2H])(O)[C@@]2([2H])O)[C@]([2H])(O)[C@@]([2H])(O)[C@]1([2H])O. The van der Waals surface area contributed by atoms with Crippen LogP contribution < -0.4 is 0 Å². The lowest BCUT2D eigenvalue weighted by atomic mass is 9.98. The Kier molecular flexibility index (Phi) is 2.47. The molecule has 8 N–H and O–H groups in total. The zero-order valence-corrected chi connectivity index (χ0v) is 10.8. The van der Waals surface area contributed by atoms with Crippen LogP contribution in [0, 0.1) is 0 Å². The molecule has 0 bridgehead atoms. The highest BCUT2D eigenvalue weighted by atomic mass is 16.8. The summed E-state index contributed by atoms with van der Waals surface area (Å²) in [5.41, 5.74) is 0. The molecule has 0 radical (unpaired) electrons. The minimum atomic E-state index is -4.83. The Hall–Kier alpha value is -0.440. The fourth-order valence-corrected chi connectivity index (χ4v) is 1.39. The molecule has 0 aliphatic carbocycles. The molecular formula is C12H22O11. The second-order valence-electron chi connectivity index (χ2n) is 3.85. The number of hydrogen-bond donors (Lipinski definition) is 8. The smallest absolute Gasteiger partial charge is 0.189 e. The first-order valence-corrected chi connectivity index (χ1v) is 5.51. The van der Waals surface area contributed by atoms with Crippen LogP contribution in [0.4, 0.5) is 0 Å². The Morgan fingerprint density at radius 1 is 0.696 bits per heavy atom. The first-order chi connectivity index (χ1) is 15.6. The van der Waals surface area contributed by atoms with E-state index in [0.717, 1.165) is 0 Å². The summed E-state index contributed by atoms with van der Waals surface area (Å²) in [4.78, 5) is 0. The van der Waals surface area contributed by atoms with E-state index in [-0.39, 0.29) is 0 Å². The maximum Gasteiger partial charge on any atom is 0.189 e. The van der Waals surface area contributed by atoms with Crippen molar-refractivity contribution in [2.24, 2.45) is 0 Å². The van der Waals surface area contributed by atoms with Crippen LogP contribution in [0.2, 0.25) is 0 Å². The molecule has 2 rings (SSSR count). The average molecular weight is 356 g/mol. The van der Waals surface area contributed by atoms with Gasteiger partial charge in [0.25, 0.3) is 0 Å². The number of rotatable bonds is 4. The highest BCUT2D eigenvalue weighted by molar-refractivity contribution is 4.92. The predicted octanol–water partition coefficient (Wildman–Crippen LogP) is -5.40. The molecule has 0 saturated carbocycles.